The molecule has 0 saturated carbocycles. The molecule has 4 rings (SSSR count). The standard InChI is InChI=1S/C23H28N2O4S/c1-23(2,3)29-22(26)25-13-11-18-19-15-17(9-10-20(19)24-21(18)12-14-25)30(27,28)16-7-5-4-6-8-16/h4-10,15,18,21,24H,11-14H2,1-3H3. The first-order valence-corrected chi connectivity index (χ1v) is 11.8. The zero-order valence-corrected chi connectivity index (χ0v) is 18.4. The van der Waals surface area contributed by atoms with E-state index in [-0.39, 0.29) is 18.1 Å². The summed E-state index contributed by atoms with van der Waals surface area (Å²) >= 11 is 0. The maximum Gasteiger partial charge on any atom is 0.410 e. The van der Waals surface area contributed by atoms with Gasteiger partial charge in [0.1, 0.15) is 5.60 Å². The van der Waals surface area contributed by atoms with Crippen molar-refractivity contribution in [2.45, 2.75) is 61.0 Å². The fourth-order valence-corrected chi connectivity index (χ4v) is 5.56. The molecule has 7 heteroatoms. The number of benzene rings is 2. The number of carbonyl (C=O) groups excluding carboxylic acids is 1. The van der Waals surface area contributed by atoms with E-state index in [4.69, 9.17) is 4.74 Å². The van der Waals surface area contributed by atoms with Gasteiger partial charge in [-0.15, -0.1) is 0 Å². The molecule has 0 radical (unpaired) electrons. The van der Waals surface area contributed by atoms with Crippen LogP contribution in [-0.2, 0) is 14.6 Å². The number of ether oxygens (including phenoxy) is 1. The number of fused-ring (bicyclic) bond motifs is 3. The number of hydrogen-bond donors (Lipinski definition) is 1. The summed E-state index contributed by atoms with van der Waals surface area (Å²) in [6.07, 6.45) is 1.26. The van der Waals surface area contributed by atoms with E-state index in [0.717, 1.165) is 24.1 Å². The monoisotopic (exact) mass is 428 g/mol. The molecule has 2 atom stereocenters. The van der Waals surface area contributed by atoms with Crippen LogP contribution in [0.3, 0.4) is 0 Å². The highest BCUT2D eigenvalue weighted by atomic mass is 32.2. The highest BCUT2D eigenvalue weighted by Gasteiger charge is 2.37. The lowest BCUT2D eigenvalue weighted by molar-refractivity contribution is 0.0256. The molecule has 1 N–H and O–H groups in total. The molecule has 1 saturated heterocycles. The van der Waals surface area contributed by atoms with Gasteiger partial charge in [0, 0.05) is 30.7 Å². The minimum absolute atomic E-state index is 0.165. The van der Waals surface area contributed by atoms with E-state index in [1.807, 2.05) is 26.8 Å². The maximum absolute atomic E-state index is 13.0. The molecule has 0 spiro atoms. The number of carbonyl (C=O) groups is 1. The molecule has 0 aromatic heterocycles. The SMILES string of the molecule is CC(C)(C)OC(=O)N1CCC2Nc3ccc(S(=O)(=O)c4ccccc4)cc3C2CC1. The van der Waals surface area contributed by atoms with Crippen molar-refractivity contribution in [3.05, 3.63) is 54.1 Å². The van der Waals surface area contributed by atoms with E-state index in [2.05, 4.69) is 5.32 Å². The fraction of sp³-hybridized carbons (Fsp3) is 0.435. The molecule has 6 nitrogen and oxygen atoms in total. The third kappa shape index (κ3) is 4.03. The van der Waals surface area contributed by atoms with Gasteiger partial charge in [-0.2, -0.15) is 0 Å². The van der Waals surface area contributed by atoms with Gasteiger partial charge < -0.3 is 15.0 Å². The van der Waals surface area contributed by atoms with Crippen LogP contribution in [0.4, 0.5) is 10.5 Å². The Kier molecular flexibility index (Phi) is 5.26. The highest BCUT2D eigenvalue weighted by molar-refractivity contribution is 7.91. The van der Waals surface area contributed by atoms with Gasteiger partial charge in [0.05, 0.1) is 9.79 Å². The van der Waals surface area contributed by atoms with Crippen LogP contribution < -0.4 is 5.32 Å². The van der Waals surface area contributed by atoms with E-state index in [0.29, 0.717) is 22.9 Å². The largest absolute Gasteiger partial charge is 0.444 e. The van der Waals surface area contributed by atoms with Crippen molar-refractivity contribution >= 4 is 21.6 Å². The van der Waals surface area contributed by atoms with Gasteiger partial charge in [-0.1, -0.05) is 18.2 Å². The molecule has 1 amide bonds. The Morgan fingerprint density at radius 3 is 2.43 bits per heavy atom. The second kappa shape index (κ2) is 7.61. The number of amides is 1. The molecular formula is C23H28N2O4S. The summed E-state index contributed by atoms with van der Waals surface area (Å²) in [7, 11) is -3.56. The summed E-state index contributed by atoms with van der Waals surface area (Å²) in [4.78, 5) is 14.8. The van der Waals surface area contributed by atoms with Gasteiger partial charge in [-0.3, -0.25) is 0 Å². The smallest absolute Gasteiger partial charge is 0.410 e. The van der Waals surface area contributed by atoms with E-state index in [1.165, 1.54) is 0 Å². The first kappa shape index (κ1) is 20.7. The van der Waals surface area contributed by atoms with Crippen molar-refractivity contribution in [1.29, 1.82) is 0 Å². The third-order valence-electron chi connectivity index (χ3n) is 5.68. The normalized spacial score (nSPS) is 21.2. The molecule has 2 aliphatic heterocycles. The van der Waals surface area contributed by atoms with Crippen molar-refractivity contribution in [3.63, 3.8) is 0 Å². The summed E-state index contributed by atoms with van der Waals surface area (Å²) in [5, 5.41) is 3.53. The molecule has 2 aromatic carbocycles. The van der Waals surface area contributed by atoms with Crippen LogP contribution in [0.25, 0.3) is 0 Å². The number of nitrogens with one attached hydrogen (secondary N) is 1. The molecule has 2 unspecified atom stereocenters. The molecule has 30 heavy (non-hydrogen) atoms. The van der Waals surface area contributed by atoms with Crippen LogP contribution in [0, 0.1) is 0 Å². The van der Waals surface area contributed by atoms with Gasteiger partial charge >= 0.3 is 6.09 Å². The molecule has 160 valence electrons. The number of hydrogen-bond acceptors (Lipinski definition) is 5. The Morgan fingerprint density at radius 1 is 1.03 bits per heavy atom. The zero-order chi connectivity index (χ0) is 21.5. The van der Waals surface area contributed by atoms with Crippen LogP contribution >= 0.6 is 0 Å². The predicted octanol–water partition coefficient (Wildman–Crippen LogP) is 4.43. The van der Waals surface area contributed by atoms with Crippen molar-refractivity contribution in [3.8, 4) is 0 Å². The average Bonchev–Trinajstić information content (AvgIpc) is 2.90. The molecule has 2 aromatic rings. The summed E-state index contributed by atoms with van der Waals surface area (Å²) in [5.74, 6) is 0.165. The summed E-state index contributed by atoms with van der Waals surface area (Å²) < 4.78 is 31.6. The first-order chi connectivity index (χ1) is 14.1. The second-order valence-electron chi connectivity index (χ2n) is 8.97. The summed E-state index contributed by atoms with van der Waals surface area (Å²) in [5.41, 5.74) is 1.48. The van der Waals surface area contributed by atoms with Crippen LogP contribution in [0.5, 0.6) is 0 Å². The number of likely N-dealkylation sites (tertiary alicyclic amines) is 1. The van der Waals surface area contributed by atoms with Crippen LogP contribution in [0.15, 0.2) is 58.3 Å². The summed E-state index contributed by atoms with van der Waals surface area (Å²) in [6.45, 7) is 6.80. The van der Waals surface area contributed by atoms with Gasteiger partial charge in [-0.05, 0) is 69.5 Å². The number of sulfone groups is 1. The molecule has 0 aliphatic carbocycles. The lowest BCUT2D eigenvalue weighted by atomic mass is 9.91. The highest BCUT2D eigenvalue weighted by Crippen LogP contribution is 2.42. The van der Waals surface area contributed by atoms with Gasteiger partial charge in [-0.25, -0.2) is 13.2 Å². The Balaban J connectivity index is 1.57. The van der Waals surface area contributed by atoms with Crippen LogP contribution in [0.1, 0.15) is 45.1 Å². The Hall–Kier alpha value is -2.54. The minimum Gasteiger partial charge on any atom is -0.444 e. The molecular weight excluding hydrogens is 400 g/mol. The number of rotatable bonds is 2. The van der Waals surface area contributed by atoms with Gasteiger partial charge in [0.15, 0.2) is 0 Å². The third-order valence-corrected chi connectivity index (χ3v) is 7.45. The van der Waals surface area contributed by atoms with E-state index < -0.39 is 15.4 Å². The molecule has 2 heterocycles. The van der Waals surface area contributed by atoms with E-state index >= 15 is 0 Å². The second-order valence-corrected chi connectivity index (χ2v) is 10.9. The van der Waals surface area contributed by atoms with Crippen molar-refractivity contribution in [2.24, 2.45) is 0 Å². The van der Waals surface area contributed by atoms with Crippen molar-refractivity contribution in [1.82, 2.24) is 4.90 Å². The molecule has 1 fully saturated rings. The fourth-order valence-electron chi connectivity index (χ4n) is 4.24. The Labute approximate surface area is 178 Å². The Morgan fingerprint density at radius 2 is 1.73 bits per heavy atom. The Bertz CT molecular complexity index is 1040. The topological polar surface area (TPSA) is 75.7 Å². The first-order valence-electron chi connectivity index (χ1n) is 10.3. The van der Waals surface area contributed by atoms with Gasteiger partial charge in [0.25, 0.3) is 0 Å². The number of anilines is 1. The summed E-state index contributed by atoms with van der Waals surface area (Å²) in [6, 6.07) is 14.0. The predicted molar refractivity (Wildman–Crippen MR) is 116 cm³/mol. The van der Waals surface area contributed by atoms with Crippen LogP contribution in [-0.4, -0.2) is 44.1 Å². The van der Waals surface area contributed by atoms with E-state index in [9.17, 15) is 13.2 Å². The van der Waals surface area contributed by atoms with E-state index in [1.54, 1.807) is 47.4 Å². The zero-order valence-electron chi connectivity index (χ0n) is 17.6. The lowest BCUT2D eigenvalue weighted by Gasteiger charge is -2.26. The number of nitrogens with zero attached hydrogens (tertiary/aromatic N) is 1. The van der Waals surface area contributed by atoms with Crippen LogP contribution in [0.2, 0.25) is 0 Å². The molecule has 2 aliphatic rings. The van der Waals surface area contributed by atoms with Crippen molar-refractivity contribution < 1.29 is 17.9 Å². The van der Waals surface area contributed by atoms with Crippen molar-refractivity contribution in [2.75, 3.05) is 18.4 Å². The quantitative estimate of drug-likeness (QED) is 0.766. The maximum atomic E-state index is 13.0. The lowest BCUT2D eigenvalue weighted by Crippen LogP contribution is -2.37. The molecule has 0 bridgehead atoms. The minimum atomic E-state index is -3.56. The average molecular weight is 429 g/mol. The van der Waals surface area contributed by atoms with Gasteiger partial charge in [0.2, 0.25) is 9.84 Å².